The summed E-state index contributed by atoms with van der Waals surface area (Å²) in [5, 5.41) is 13.5. The van der Waals surface area contributed by atoms with E-state index in [1.165, 1.54) is 12.8 Å². The van der Waals surface area contributed by atoms with Crippen molar-refractivity contribution in [2.45, 2.75) is 57.5 Å². The smallest absolute Gasteiger partial charge is 0.308 e. The molecule has 1 amide bonds. The highest BCUT2D eigenvalue weighted by molar-refractivity contribution is 5.93. The van der Waals surface area contributed by atoms with Gasteiger partial charge in [0, 0.05) is 18.8 Å². The van der Waals surface area contributed by atoms with Crippen molar-refractivity contribution in [1.29, 1.82) is 0 Å². The van der Waals surface area contributed by atoms with E-state index in [1.807, 2.05) is 10.9 Å². The Bertz CT molecular complexity index is 559. The molecule has 22 heavy (non-hydrogen) atoms. The molecule has 0 aromatic carbocycles. The number of rotatable bonds is 6. The summed E-state index contributed by atoms with van der Waals surface area (Å²) >= 11 is 0. The summed E-state index contributed by atoms with van der Waals surface area (Å²) in [6.07, 6.45) is 8.49. The Morgan fingerprint density at radius 2 is 2.05 bits per heavy atom. The molecule has 1 N–H and O–H groups in total. The lowest BCUT2D eigenvalue weighted by molar-refractivity contribution is -0.141. The molecule has 3 rings (SSSR count). The van der Waals surface area contributed by atoms with Gasteiger partial charge in [0.1, 0.15) is 5.69 Å². The third kappa shape index (κ3) is 3.15. The summed E-state index contributed by atoms with van der Waals surface area (Å²) in [7, 11) is 0. The van der Waals surface area contributed by atoms with Gasteiger partial charge in [0.15, 0.2) is 0 Å². The molecule has 6 heteroatoms. The monoisotopic (exact) mass is 305 g/mol. The van der Waals surface area contributed by atoms with Gasteiger partial charge in [0.2, 0.25) is 0 Å². The Balaban J connectivity index is 1.71. The summed E-state index contributed by atoms with van der Waals surface area (Å²) in [6, 6.07) is 2.36. The molecule has 0 bridgehead atoms. The average Bonchev–Trinajstić information content (AvgIpc) is 3.01. The predicted octanol–water partition coefficient (Wildman–Crippen LogP) is 2.32. The minimum absolute atomic E-state index is 0.132. The van der Waals surface area contributed by atoms with E-state index in [4.69, 9.17) is 5.11 Å². The zero-order valence-electron chi connectivity index (χ0n) is 12.9. The normalized spacial score (nSPS) is 20.0. The molecule has 2 fully saturated rings. The number of carboxylic acids is 1. The molecule has 1 aromatic rings. The molecule has 2 aliphatic rings. The first kappa shape index (κ1) is 15.1. The third-order valence-electron chi connectivity index (χ3n) is 4.67. The zero-order chi connectivity index (χ0) is 15.7. The molecule has 0 saturated heterocycles. The van der Waals surface area contributed by atoms with E-state index in [2.05, 4.69) is 5.10 Å². The molecule has 1 unspecified atom stereocenters. The second-order valence-corrected chi connectivity index (χ2v) is 6.55. The van der Waals surface area contributed by atoms with Gasteiger partial charge in [0.25, 0.3) is 5.91 Å². The van der Waals surface area contributed by atoms with Gasteiger partial charge in [-0.15, -0.1) is 0 Å². The molecule has 1 heterocycles. The van der Waals surface area contributed by atoms with Crippen LogP contribution in [0.5, 0.6) is 0 Å². The van der Waals surface area contributed by atoms with E-state index in [-0.39, 0.29) is 18.5 Å². The maximum absolute atomic E-state index is 12.7. The molecule has 1 atom stereocenters. The maximum Gasteiger partial charge on any atom is 0.308 e. The van der Waals surface area contributed by atoms with Gasteiger partial charge in [-0.25, -0.2) is 0 Å². The summed E-state index contributed by atoms with van der Waals surface area (Å²) < 4.78 is 1.91. The fourth-order valence-electron chi connectivity index (χ4n) is 3.13. The molecule has 2 saturated carbocycles. The number of carbonyl (C=O) groups excluding carboxylic acids is 1. The van der Waals surface area contributed by atoms with Crippen LogP contribution < -0.4 is 0 Å². The van der Waals surface area contributed by atoms with Crippen molar-refractivity contribution >= 4 is 11.9 Å². The fourth-order valence-corrected chi connectivity index (χ4v) is 3.13. The second-order valence-electron chi connectivity index (χ2n) is 6.55. The van der Waals surface area contributed by atoms with Crippen LogP contribution in [0.15, 0.2) is 12.3 Å². The van der Waals surface area contributed by atoms with Gasteiger partial charge in [-0.2, -0.15) is 5.10 Å². The lowest BCUT2D eigenvalue weighted by atomic mass is 10.1. The summed E-state index contributed by atoms with van der Waals surface area (Å²) in [6.45, 7) is 1.90. The number of hydrogen-bond acceptors (Lipinski definition) is 3. The van der Waals surface area contributed by atoms with Gasteiger partial charge in [0.05, 0.1) is 12.0 Å². The number of carboxylic acid groups (broad SMARTS) is 1. The number of aromatic nitrogens is 2. The van der Waals surface area contributed by atoms with Crippen LogP contribution in [0.3, 0.4) is 0 Å². The fraction of sp³-hybridized carbons (Fsp3) is 0.688. The molecule has 120 valence electrons. The second kappa shape index (κ2) is 6.10. The van der Waals surface area contributed by atoms with Gasteiger partial charge in [-0.1, -0.05) is 19.8 Å². The van der Waals surface area contributed by atoms with E-state index in [0.717, 1.165) is 25.7 Å². The van der Waals surface area contributed by atoms with Crippen LogP contribution in [0.1, 0.15) is 62.0 Å². The maximum atomic E-state index is 12.7. The lowest BCUT2D eigenvalue weighted by Gasteiger charge is -2.23. The van der Waals surface area contributed by atoms with Crippen molar-refractivity contribution in [2.24, 2.45) is 5.92 Å². The van der Waals surface area contributed by atoms with Gasteiger partial charge >= 0.3 is 5.97 Å². The topological polar surface area (TPSA) is 75.4 Å². The Labute approximate surface area is 130 Å². The van der Waals surface area contributed by atoms with Gasteiger partial charge in [-0.3, -0.25) is 14.3 Å². The first-order chi connectivity index (χ1) is 10.6. The molecular weight excluding hydrogens is 282 g/mol. The summed E-state index contributed by atoms with van der Waals surface area (Å²) in [5.74, 6) is -1.55. The number of amides is 1. The first-order valence-corrected chi connectivity index (χ1v) is 8.15. The molecule has 0 spiro atoms. The van der Waals surface area contributed by atoms with Crippen molar-refractivity contribution in [1.82, 2.24) is 14.7 Å². The predicted molar refractivity (Wildman–Crippen MR) is 80.6 cm³/mol. The van der Waals surface area contributed by atoms with Gasteiger partial charge in [-0.05, 0) is 31.7 Å². The van der Waals surface area contributed by atoms with Crippen LogP contribution in [0.4, 0.5) is 0 Å². The minimum atomic E-state index is -0.866. The lowest BCUT2D eigenvalue weighted by Crippen LogP contribution is -2.38. The van der Waals surface area contributed by atoms with Crippen LogP contribution in [0, 0.1) is 5.92 Å². The SMILES string of the molecule is CC(CN(C(=O)c1ccn(C2CCCC2)n1)C1CC1)C(=O)O. The highest BCUT2D eigenvalue weighted by Gasteiger charge is 2.36. The van der Waals surface area contributed by atoms with Gasteiger partial charge < -0.3 is 10.0 Å². The van der Waals surface area contributed by atoms with Crippen LogP contribution in [-0.2, 0) is 4.79 Å². The number of aliphatic carboxylic acids is 1. The first-order valence-electron chi connectivity index (χ1n) is 8.15. The highest BCUT2D eigenvalue weighted by Crippen LogP contribution is 2.31. The quantitative estimate of drug-likeness (QED) is 0.875. The van der Waals surface area contributed by atoms with Crippen LogP contribution in [-0.4, -0.2) is 44.3 Å². The Hall–Kier alpha value is -1.85. The van der Waals surface area contributed by atoms with E-state index in [0.29, 0.717) is 11.7 Å². The van der Waals surface area contributed by atoms with E-state index in [9.17, 15) is 9.59 Å². The largest absolute Gasteiger partial charge is 0.481 e. The van der Waals surface area contributed by atoms with E-state index in [1.54, 1.807) is 17.9 Å². The Morgan fingerprint density at radius 3 is 2.64 bits per heavy atom. The minimum Gasteiger partial charge on any atom is -0.481 e. The molecule has 0 radical (unpaired) electrons. The third-order valence-corrected chi connectivity index (χ3v) is 4.67. The van der Waals surface area contributed by atoms with Crippen molar-refractivity contribution in [3.05, 3.63) is 18.0 Å². The standard InChI is InChI=1S/C16H23N3O3/c1-11(16(21)22)10-18(12-6-7-12)15(20)14-8-9-19(17-14)13-4-2-3-5-13/h8-9,11-13H,2-7,10H2,1H3,(H,21,22). The Kier molecular flexibility index (Phi) is 4.18. The highest BCUT2D eigenvalue weighted by atomic mass is 16.4. The number of nitrogens with zero attached hydrogens (tertiary/aromatic N) is 3. The van der Waals surface area contributed by atoms with E-state index >= 15 is 0 Å². The summed E-state index contributed by atoms with van der Waals surface area (Å²) in [4.78, 5) is 25.4. The van der Waals surface area contributed by atoms with Crippen LogP contribution in [0.2, 0.25) is 0 Å². The van der Waals surface area contributed by atoms with Crippen molar-refractivity contribution in [2.75, 3.05) is 6.54 Å². The van der Waals surface area contributed by atoms with Crippen LogP contribution >= 0.6 is 0 Å². The molecular formula is C16H23N3O3. The molecule has 1 aromatic heterocycles. The van der Waals surface area contributed by atoms with Crippen LogP contribution in [0.25, 0.3) is 0 Å². The summed E-state index contributed by atoms with van der Waals surface area (Å²) in [5.41, 5.74) is 0.441. The van der Waals surface area contributed by atoms with E-state index < -0.39 is 11.9 Å². The number of carbonyl (C=O) groups is 2. The average molecular weight is 305 g/mol. The van der Waals surface area contributed by atoms with Crippen molar-refractivity contribution in [3.8, 4) is 0 Å². The molecule has 0 aliphatic heterocycles. The van der Waals surface area contributed by atoms with Crippen molar-refractivity contribution in [3.63, 3.8) is 0 Å². The number of hydrogen-bond donors (Lipinski definition) is 1. The molecule has 2 aliphatic carbocycles. The molecule has 6 nitrogen and oxygen atoms in total. The van der Waals surface area contributed by atoms with Crippen molar-refractivity contribution < 1.29 is 14.7 Å². The zero-order valence-corrected chi connectivity index (χ0v) is 12.9. The Morgan fingerprint density at radius 1 is 1.36 bits per heavy atom.